The van der Waals surface area contributed by atoms with Gasteiger partial charge in [0.25, 0.3) is 21.6 Å². The average Bonchev–Trinajstić information content (AvgIpc) is 2.77. The summed E-state index contributed by atoms with van der Waals surface area (Å²) < 4.78 is 27.1. The Morgan fingerprint density at radius 1 is 0.900 bits per heavy atom. The van der Waals surface area contributed by atoms with Crippen LogP contribution < -0.4 is 0 Å². The summed E-state index contributed by atoms with van der Waals surface area (Å²) in [5, 5.41) is 10.8. The summed E-state index contributed by atoms with van der Waals surface area (Å²) in [6, 6.07) is 22.2. The van der Waals surface area contributed by atoms with E-state index in [1.54, 1.807) is 54.6 Å². The third-order valence-corrected chi connectivity index (χ3v) is 6.03. The van der Waals surface area contributed by atoms with Crippen LogP contribution in [0.3, 0.4) is 0 Å². The molecular formula is C22H18N2O5S. The maximum absolute atomic E-state index is 13.2. The number of hydrogen-bond acceptors (Lipinski definition) is 5. The number of nitro benzene ring substituents is 1. The second kappa shape index (κ2) is 9.15. The van der Waals surface area contributed by atoms with Gasteiger partial charge in [-0.15, -0.1) is 0 Å². The van der Waals surface area contributed by atoms with Crippen molar-refractivity contribution >= 4 is 27.7 Å². The molecule has 0 aromatic heterocycles. The fraction of sp³-hybridized carbons (Fsp3) is 0.0455. The van der Waals surface area contributed by atoms with Gasteiger partial charge < -0.3 is 0 Å². The summed E-state index contributed by atoms with van der Waals surface area (Å²) in [6.45, 7) is -0.169. The summed E-state index contributed by atoms with van der Waals surface area (Å²) in [6.07, 6.45) is 2.73. The fourth-order valence-corrected chi connectivity index (χ4v) is 4.06. The maximum atomic E-state index is 13.2. The van der Waals surface area contributed by atoms with Crippen molar-refractivity contribution in [2.24, 2.45) is 0 Å². The highest BCUT2D eigenvalue weighted by Crippen LogP contribution is 2.22. The largest absolute Gasteiger partial charge is 0.269 e. The molecule has 0 aliphatic carbocycles. The third kappa shape index (κ3) is 4.98. The monoisotopic (exact) mass is 422 g/mol. The molecule has 3 rings (SSSR count). The molecule has 8 heteroatoms. The zero-order chi connectivity index (χ0) is 21.6. The van der Waals surface area contributed by atoms with E-state index in [0.29, 0.717) is 5.56 Å². The fourth-order valence-electron chi connectivity index (χ4n) is 2.71. The molecule has 1 amide bonds. The van der Waals surface area contributed by atoms with Crippen molar-refractivity contribution < 1.29 is 18.1 Å². The molecular weight excluding hydrogens is 404 g/mol. The molecule has 0 aliphatic rings. The second-order valence-electron chi connectivity index (χ2n) is 6.33. The van der Waals surface area contributed by atoms with E-state index >= 15 is 0 Å². The van der Waals surface area contributed by atoms with Crippen molar-refractivity contribution in [2.45, 2.75) is 11.4 Å². The van der Waals surface area contributed by atoms with Crippen LogP contribution in [0.25, 0.3) is 6.08 Å². The Hall–Kier alpha value is -3.78. The summed E-state index contributed by atoms with van der Waals surface area (Å²) in [4.78, 5) is 22.9. The Bertz CT molecular complexity index is 1160. The van der Waals surface area contributed by atoms with Crippen LogP contribution in [-0.4, -0.2) is 23.6 Å². The number of sulfonamides is 1. The molecule has 0 heterocycles. The zero-order valence-corrected chi connectivity index (χ0v) is 16.6. The van der Waals surface area contributed by atoms with Crippen LogP contribution in [0.1, 0.15) is 11.1 Å². The molecule has 0 saturated carbocycles. The molecule has 3 aromatic rings. The van der Waals surface area contributed by atoms with Gasteiger partial charge in [0, 0.05) is 18.2 Å². The molecule has 0 unspecified atom stereocenters. The quantitative estimate of drug-likeness (QED) is 0.325. The number of hydrogen-bond donors (Lipinski definition) is 0. The molecule has 0 saturated heterocycles. The predicted octanol–water partition coefficient (Wildman–Crippen LogP) is 4.03. The van der Waals surface area contributed by atoms with Crippen LogP contribution in [0.5, 0.6) is 0 Å². The number of carbonyl (C=O) groups is 1. The Kier molecular flexibility index (Phi) is 6.38. The highest BCUT2D eigenvalue weighted by atomic mass is 32.2. The predicted molar refractivity (Wildman–Crippen MR) is 113 cm³/mol. The summed E-state index contributed by atoms with van der Waals surface area (Å²) >= 11 is 0. The molecule has 152 valence electrons. The van der Waals surface area contributed by atoms with Gasteiger partial charge in [-0.1, -0.05) is 60.7 Å². The van der Waals surface area contributed by atoms with Gasteiger partial charge in [0.15, 0.2) is 0 Å². The smallest absolute Gasteiger partial charge is 0.269 e. The van der Waals surface area contributed by atoms with Gasteiger partial charge >= 0.3 is 0 Å². The average molecular weight is 422 g/mol. The van der Waals surface area contributed by atoms with Crippen molar-refractivity contribution in [3.05, 3.63) is 112 Å². The van der Waals surface area contributed by atoms with Crippen molar-refractivity contribution in [1.29, 1.82) is 0 Å². The number of nitro groups is 1. The highest BCUT2D eigenvalue weighted by molar-refractivity contribution is 7.89. The van der Waals surface area contributed by atoms with Crippen LogP contribution in [0.2, 0.25) is 0 Å². The molecule has 0 aliphatic heterocycles. The van der Waals surface area contributed by atoms with Crippen LogP contribution in [0.4, 0.5) is 5.69 Å². The minimum absolute atomic E-state index is 0.169. The van der Waals surface area contributed by atoms with E-state index in [4.69, 9.17) is 0 Å². The van der Waals surface area contributed by atoms with Crippen LogP contribution >= 0.6 is 0 Å². The van der Waals surface area contributed by atoms with E-state index in [0.717, 1.165) is 34.1 Å². The number of carbonyl (C=O) groups excluding carboxylic acids is 1. The first-order valence-electron chi connectivity index (χ1n) is 8.96. The molecule has 7 nitrogen and oxygen atoms in total. The zero-order valence-electron chi connectivity index (χ0n) is 15.8. The Balaban J connectivity index is 1.96. The summed E-state index contributed by atoms with van der Waals surface area (Å²) in [5.41, 5.74) is 1.14. The number of nitrogens with zero attached hydrogens (tertiary/aromatic N) is 2. The molecule has 30 heavy (non-hydrogen) atoms. The first-order valence-corrected chi connectivity index (χ1v) is 10.4. The summed E-state index contributed by atoms with van der Waals surface area (Å²) in [7, 11) is -4.24. The molecule has 0 N–H and O–H groups in total. The summed E-state index contributed by atoms with van der Waals surface area (Å²) in [5.74, 6) is -0.721. The molecule has 0 spiro atoms. The van der Waals surface area contributed by atoms with Crippen molar-refractivity contribution in [3.8, 4) is 0 Å². The number of amides is 1. The maximum Gasteiger partial charge on any atom is 0.269 e. The minimum Gasteiger partial charge on any atom is -0.269 e. The number of benzene rings is 3. The van der Waals surface area contributed by atoms with Crippen LogP contribution in [0.15, 0.2) is 95.9 Å². The molecule has 0 radical (unpaired) electrons. The van der Waals surface area contributed by atoms with E-state index < -0.39 is 20.9 Å². The van der Waals surface area contributed by atoms with Crippen LogP contribution in [0, 0.1) is 10.1 Å². The van der Waals surface area contributed by atoms with Gasteiger partial charge in [0.1, 0.15) is 0 Å². The highest BCUT2D eigenvalue weighted by Gasteiger charge is 2.28. The van der Waals surface area contributed by atoms with Gasteiger partial charge in [0.05, 0.1) is 16.4 Å². The Morgan fingerprint density at radius 2 is 1.47 bits per heavy atom. The van der Waals surface area contributed by atoms with Gasteiger partial charge in [0.2, 0.25) is 0 Å². The molecule has 0 atom stereocenters. The lowest BCUT2D eigenvalue weighted by Gasteiger charge is -2.21. The van der Waals surface area contributed by atoms with E-state index in [-0.39, 0.29) is 17.1 Å². The van der Waals surface area contributed by atoms with Crippen molar-refractivity contribution in [2.75, 3.05) is 0 Å². The molecule has 0 fully saturated rings. The van der Waals surface area contributed by atoms with E-state index in [9.17, 15) is 23.3 Å². The normalized spacial score (nSPS) is 11.3. The second-order valence-corrected chi connectivity index (χ2v) is 8.19. The standard InChI is InChI=1S/C22H18N2O5S/c25-22(16-11-18-7-3-1-4-8-18)23(17-19-9-5-2-6-10-19)30(28,29)21-14-12-20(13-15-21)24(26)27/h1-16H,17H2/b16-11+. The van der Waals surface area contributed by atoms with Gasteiger partial charge in [-0.3, -0.25) is 14.9 Å². The van der Waals surface area contributed by atoms with Gasteiger partial charge in [-0.2, -0.15) is 0 Å². The number of non-ortho nitro benzene ring substituents is 1. The Morgan fingerprint density at radius 3 is 2.03 bits per heavy atom. The number of rotatable bonds is 7. The molecule has 3 aromatic carbocycles. The topological polar surface area (TPSA) is 97.6 Å². The van der Waals surface area contributed by atoms with Crippen molar-refractivity contribution in [3.63, 3.8) is 0 Å². The Labute approximate surface area is 174 Å². The van der Waals surface area contributed by atoms with E-state index in [2.05, 4.69) is 0 Å². The van der Waals surface area contributed by atoms with Gasteiger partial charge in [-0.25, -0.2) is 12.7 Å². The first kappa shape index (κ1) is 20.9. The lowest BCUT2D eigenvalue weighted by atomic mass is 10.2. The third-order valence-electron chi connectivity index (χ3n) is 4.27. The lowest BCUT2D eigenvalue weighted by molar-refractivity contribution is -0.384. The van der Waals surface area contributed by atoms with Crippen LogP contribution in [-0.2, 0) is 21.4 Å². The first-order chi connectivity index (χ1) is 14.4. The van der Waals surface area contributed by atoms with E-state index in [1.165, 1.54) is 12.2 Å². The minimum atomic E-state index is -4.24. The van der Waals surface area contributed by atoms with E-state index in [1.807, 2.05) is 6.07 Å². The van der Waals surface area contributed by atoms with Gasteiger partial charge in [-0.05, 0) is 29.3 Å². The lowest BCUT2D eigenvalue weighted by Crippen LogP contribution is -2.35. The molecule has 0 bridgehead atoms. The van der Waals surface area contributed by atoms with Crippen molar-refractivity contribution in [1.82, 2.24) is 4.31 Å². The SMILES string of the molecule is O=C(/C=C/c1ccccc1)N(Cc1ccccc1)S(=O)(=O)c1ccc([N+](=O)[O-])cc1.